The number of carbonyl (C=O) groups excluding carboxylic acids is 2. The van der Waals surface area contributed by atoms with Gasteiger partial charge < -0.3 is 14.0 Å². The number of anilines is 1. The molecular formula is C25H20N2O4. The second kappa shape index (κ2) is 7.11. The summed E-state index contributed by atoms with van der Waals surface area (Å²) in [5.41, 5.74) is 3.75. The Kier molecular flexibility index (Phi) is 4.38. The first-order valence-corrected chi connectivity index (χ1v) is 9.82. The van der Waals surface area contributed by atoms with Crippen molar-refractivity contribution in [2.24, 2.45) is 0 Å². The Balaban J connectivity index is 1.92. The van der Waals surface area contributed by atoms with Gasteiger partial charge in [-0.3, -0.25) is 9.59 Å². The molecule has 2 heterocycles. The van der Waals surface area contributed by atoms with Crippen molar-refractivity contribution >= 4 is 45.4 Å². The molecule has 6 nitrogen and oxygen atoms in total. The molecule has 0 fully saturated rings. The quantitative estimate of drug-likeness (QED) is 0.440. The van der Waals surface area contributed by atoms with Crippen LogP contribution in [0.15, 0.2) is 61.2 Å². The molecule has 3 aromatic carbocycles. The topological polar surface area (TPSA) is 60.8 Å². The van der Waals surface area contributed by atoms with Crippen LogP contribution in [0.2, 0.25) is 0 Å². The largest absolute Gasteiger partial charge is 0.497 e. The van der Waals surface area contributed by atoms with Gasteiger partial charge in [0.05, 0.1) is 35.0 Å². The average Bonchev–Trinajstić information content (AvgIpc) is 3.25. The summed E-state index contributed by atoms with van der Waals surface area (Å²) in [7, 11) is 3.22. The SMILES string of the molecule is C=Cc1cc2c(c3c4cc(OC)ccc4n(COC)c13)C(=O)N(c1ccccc1)C2=O. The van der Waals surface area contributed by atoms with Gasteiger partial charge in [0.1, 0.15) is 12.5 Å². The molecule has 0 unspecified atom stereocenters. The number of hydrogen-bond acceptors (Lipinski definition) is 4. The Labute approximate surface area is 178 Å². The van der Waals surface area contributed by atoms with Crippen molar-refractivity contribution in [2.75, 3.05) is 19.1 Å². The predicted molar refractivity (Wildman–Crippen MR) is 121 cm³/mol. The number of fused-ring (bicyclic) bond motifs is 5. The zero-order valence-electron chi connectivity index (χ0n) is 17.2. The van der Waals surface area contributed by atoms with Crippen molar-refractivity contribution in [3.63, 3.8) is 0 Å². The van der Waals surface area contributed by atoms with Crippen LogP contribution in [0, 0.1) is 0 Å². The second-order valence-electron chi connectivity index (χ2n) is 7.33. The van der Waals surface area contributed by atoms with Gasteiger partial charge in [0.2, 0.25) is 0 Å². The maximum atomic E-state index is 13.6. The van der Waals surface area contributed by atoms with E-state index in [-0.39, 0.29) is 18.5 Å². The van der Waals surface area contributed by atoms with E-state index in [2.05, 4.69) is 6.58 Å². The first-order valence-electron chi connectivity index (χ1n) is 9.82. The number of aromatic nitrogens is 1. The van der Waals surface area contributed by atoms with Crippen LogP contribution in [0.4, 0.5) is 5.69 Å². The van der Waals surface area contributed by atoms with Gasteiger partial charge in [-0.15, -0.1) is 0 Å². The van der Waals surface area contributed by atoms with E-state index in [0.29, 0.717) is 28.0 Å². The van der Waals surface area contributed by atoms with Crippen LogP contribution in [-0.2, 0) is 11.5 Å². The molecule has 2 amide bonds. The minimum atomic E-state index is -0.342. The molecule has 5 rings (SSSR count). The predicted octanol–water partition coefficient (Wildman–Crippen LogP) is 4.85. The first-order chi connectivity index (χ1) is 15.1. The average molecular weight is 412 g/mol. The van der Waals surface area contributed by atoms with Gasteiger partial charge in [0.25, 0.3) is 11.8 Å². The first kappa shape index (κ1) is 19.1. The van der Waals surface area contributed by atoms with Gasteiger partial charge in [-0.1, -0.05) is 30.9 Å². The van der Waals surface area contributed by atoms with Crippen LogP contribution in [0.3, 0.4) is 0 Å². The molecule has 4 aromatic rings. The Bertz CT molecular complexity index is 1390. The van der Waals surface area contributed by atoms with E-state index in [1.807, 2.05) is 28.8 Å². The number of hydrogen-bond donors (Lipinski definition) is 0. The van der Waals surface area contributed by atoms with Crippen molar-refractivity contribution in [1.82, 2.24) is 4.57 Å². The number of amides is 2. The minimum absolute atomic E-state index is 0.288. The van der Waals surface area contributed by atoms with Crippen LogP contribution in [0.25, 0.3) is 27.9 Å². The molecule has 0 aliphatic carbocycles. The summed E-state index contributed by atoms with van der Waals surface area (Å²) in [6.07, 6.45) is 1.70. The normalized spacial score (nSPS) is 13.3. The molecule has 0 bridgehead atoms. The smallest absolute Gasteiger partial charge is 0.266 e. The molecule has 1 aliphatic rings. The van der Waals surface area contributed by atoms with Crippen LogP contribution in [0.1, 0.15) is 26.3 Å². The van der Waals surface area contributed by atoms with Gasteiger partial charge in [0, 0.05) is 17.9 Å². The zero-order valence-corrected chi connectivity index (χ0v) is 17.2. The van der Waals surface area contributed by atoms with Gasteiger partial charge in [-0.2, -0.15) is 0 Å². The maximum Gasteiger partial charge on any atom is 0.266 e. The molecule has 0 atom stereocenters. The van der Waals surface area contributed by atoms with Gasteiger partial charge in [-0.25, -0.2) is 4.90 Å². The van der Waals surface area contributed by atoms with E-state index in [1.54, 1.807) is 50.6 Å². The third kappa shape index (κ3) is 2.62. The second-order valence-corrected chi connectivity index (χ2v) is 7.33. The Morgan fingerprint density at radius 2 is 1.77 bits per heavy atom. The van der Waals surface area contributed by atoms with Crippen LogP contribution in [-0.4, -0.2) is 30.6 Å². The lowest BCUT2D eigenvalue weighted by atomic mass is 9.98. The van der Waals surface area contributed by atoms with Gasteiger partial charge in [0.15, 0.2) is 0 Å². The summed E-state index contributed by atoms with van der Waals surface area (Å²) in [6, 6.07) is 16.4. The molecule has 31 heavy (non-hydrogen) atoms. The van der Waals surface area contributed by atoms with Crippen molar-refractivity contribution in [3.8, 4) is 5.75 Å². The highest BCUT2D eigenvalue weighted by Gasteiger charge is 2.40. The maximum absolute atomic E-state index is 13.6. The van der Waals surface area contributed by atoms with Crippen molar-refractivity contribution < 1.29 is 19.1 Å². The lowest BCUT2D eigenvalue weighted by Crippen LogP contribution is -2.29. The summed E-state index contributed by atoms with van der Waals surface area (Å²) in [6.45, 7) is 4.23. The van der Waals surface area contributed by atoms with Crippen LogP contribution in [0.5, 0.6) is 5.75 Å². The third-order valence-corrected chi connectivity index (χ3v) is 5.71. The number of imide groups is 1. The Hall–Kier alpha value is -3.90. The zero-order chi connectivity index (χ0) is 21.7. The number of methoxy groups -OCH3 is 2. The fourth-order valence-corrected chi connectivity index (χ4v) is 4.39. The molecule has 6 heteroatoms. The highest BCUT2D eigenvalue weighted by molar-refractivity contribution is 6.40. The lowest BCUT2D eigenvalue weighted by Gasteiger charge is -2.13. The summed E-state index contributed by atoms with van der Waals surface area (Å²) >= 11 is 0. The van der Waals surface area contributed by atoms with E-state index in [1.165, 1.54) is 4.90 Å². The number of ether oxygens (including phenoxy) is 2. The number of benzene rings is 3. The summed E-state index contributed by atoms with van der Waals surface area (Å²) < 4.78 is 12.9. The fraction of sp³-hybridized carbons (Fsp3) is 0.120. The van der Waals surface area contributed by atoms with E-state index in [9.17, 15) is 9.59 Å². The standard InChI is InChI=1S/C25H20N2O4/c1-4-15-12-19-22(25(29)27(24(19)28)16-8-6-5-7-9-16)21-18-13-17(31-3)10-11-20(18)26(14-30-2)23(15)21/h4-13H,1,14H2,2-3H3. The molecular weight excluding hydrogens is 392 g/mol. The monoisotopic (exact) mass is 412 g/mol. The summed E-state index contributed by atoms with van der Waals surface area (Å²) in [5.74, 6) is -0.0174. The van der Waals surface area contributed by atoms with Crippen LogP contribution >= 0.6 is 0 Å². The molecule has 0 saturated carbocycles. The van der Waals surface area contributed by atoms with Crippen molar-refractivity contribution in [2.45, 2.75) is 6.73 Å². The molecule has 1 aliphatic heterocycles. The highest BCUT2D eigenvalue weighted by atomic mass is 16.5. The molecule has 0 spiro atoms. The molecule has 1 aromatic heterocycles. The third-order valence-electron chi connectivity index (χ3n) is 5.71. The van der Waals surface area contributed by atoms with Gasteiger partial charge in [-0.05, 0) is 42.0 Å². The lowest BCUT2D eigenvalue weighted by molar-refractivity contribution is 0.0926. The van der Waals surface area contributed by atoms with Crippen molar-refractivity contribution in [1.29, 1.82) is 0 Å². The molecule has 154 valence electrons. The van der Waals surface area contributed by atoms with E-state index >= 15 is 0 Å². The Morgan fingerprint density at radius 3 is 2.45 bits per heavy atom. The Morgan fingerprint density at radius 1 is 1.00 bits per heavy atom. The summed E-state index contributed by atoms with van der Waals surface area (Å²) in [5, 5.41) is 1.53. The number of carbonyl (C=O) groups is 2. The van der Waals surface area contributed by atoms with E-state index in [4.69, 9.17) is 9.47 Å². The van der Waals surface area contributed by atoms with Gasteiger partial charge >= 0.3 is 0 Å². The van der Waals surface area contributed by atoms with Crippen LogP contribution < -0.4 is 9.64 Å². The van der Waals surface area contributed by atoms with E-state index < -0.39 is 0 Å². The highest BCUT2D eigenvalue weighted by Crippen LogP contribution is 2.41. The molecule has 0 N–H and O–H groups in total. The number of rotatable bonds is 5. The molecule has 0 saturated heterocycles. The van der Waals surface area contributed by atoms with Crippen molar-refractivity contribution in [3.05, 3.63) is 77.9 Å². The molecule has 0 radical (unpaired) electrons. The van der Waals surface area contributed by atoms with E-state index in [0.717, 1.165) is 22.0 Å². The summed E-state index contributed by atoms with van der Waals surface area (Å²) in [4.78, 5) is 28.2. The minimum Gasteiger partial charge on any atom is -0.497 e. The number of nitrogens with zero attached hydrogens (tertiary/aromatic N) is 2. The fourth-order valence-electron chi connectivity index (χ4n) is 4.39. The number of para-hydroxylation sites is 1.